The number of hydrogen-bond acceptors (Lipinski definition) is 7. The van der Waals surface area contributed by atoms with E-state index in [1.165, 1.54) is 22.3 Å². The number of rotatable bonds is 6. The van der Waals surface area contributed by atoms with Crippen molar-refractivity contribution in [3.63, 3.8) is 0 Å². The van der Waals surface area contributed by atoms with Crippen molar-refractivity contribution in [3.05, 3.63) is 141 Å². The van der Waals surface area contributed by atoms with Crippen LogP contribution < -0.4 is 18.9 Å². The van der Waals surface area contributed by atoms with Crippen molar-refractivity contribution in [1.29, 1.82) is 0 Å². The van der Waals surface area contributed by atoms with Crippen LogP contribution in [-0.4, -0.2) is 62.7 Å². The molecule has 2 aliphatic rings. The molecule has 0 N–H and O–H groups in total. The van der Waals surface area contributed by atoms with Gasteiger partial charge in [0.2, 0.25) is 0 Å². The van der Waals surface area contributed by atoms with Crippen LogP contribution in [0.2, 0.25) is 0 Å². The highest BCUT2D eigenvalue weighted by Crippen LogP contribution is 2.44. The average molecular weight is 919 g/mol. The Morgan fingerprint density at radius 3 is 0.954 bits per heavy atom. The zero-order valence-electron chi connectivity index (χ0n) is 41.9. The van der Waals surface area contributed by atoms with E-state index in [4.69, 9.17) is 23.7 Å². The third kappa shape index (κ3) is 13.2. The third-order valence-electron chi connectivity index (χ3n) is 12.3. The fraction of sp³-hybridized carbons (Fsp3) is 0.517. The maximum Gasteiger partial charge on any atom is 0.126 e. The second-order valence-corrected chi connectivity index (χ2v) is 24.4. The number of benzene rings is 4. The van der Waals surface area contributed by atoms with E-state index in [9.17, 15) is 0 Å². The minimum absolute atomic E-state index is 0.116. The number of ether oxygens (including phenoxy) is 5. The smallest absolute Gasteiger partial charge is 0.126 e. The van der Waals surface area contributed by atoms with Gasteiger partial charge >= 0.3 is 0 Å². The molecule has 6 rings (SSSR count). The minimum atomic E-state index is -0.120. The largest absolute Gasteiger partial charge is 0.492 e. The van der Waals surface area contributed by atoms with Gasteiger partial charge in [0.25, 0.3) is 0 Å². The van der Waals surface area contributed by atoms with Crippen LogP contribution in [-0.2, 0) is 52.1 Å². The summed E-state index contributed by atoms with van der Waals surface area (Å²) >= 11 is 3.77. The summed E-state index contributed by atoms with van der Waals surface area (Å²) in [6, 6.07) is 19.2. The Labute approximate surface area is 401 Å². The van der Waals surface area contributed by atoms with Crippen molar-refractivity contribution >= 4 is 23.5 Å². The molecule has 0 fully saturated rings. The standard InChI is InChI=1S/C58H78O5S2/c1-15-17-60-51-39-27-43-35-49(57(9,10)11)37-45-29-41-33-48(56(6,7)8)34-42(52(41)61-18-16-2)30-46-38-50(58(12,13)14)36-44(28-40(51)32-47(31-39)55(3,4)5)54(46)63-22-26-65-24-20-59-19-23-64-25-21-62-53(43)45/h15-16,31-38H,1-2,17-30H2,3-14H3. The van der Waals surface area contributed by atoms with Gasteiger partial charge in [-0.05, 0) is 88.4 Å². The van der Waals surface area contributed by atoms with Gasteiger partial charge in [0.15, 0.2) is 0 Å². The van der Waals surface area contributed by atoms with E-state index in [2.05, 4.69) is 145 Å². The SMILES string of the molecule is C=CCOc1c2cc(C(C)(C)C)cc1Cc1cc(C(C)(C)C)cc3c1OCCSCCOCCSCCOc1c(cc(C(C)(C)C)cc1Cc1cc(C(C)(C)C)cc(c1OCC=C)C3)C2. The van der Waals surface area contributed by atoms with E-state index < -0.39 is 0 Å². The number of thioether (sulfide) groups is 2. The number of fused-ring (bicyclic) bond motifs is 2. The van der Waals surface area contributed by atoms with Crippen molar-refractivity contribution in [3.8, 4) is 23.0 Å². The van der Waals surface area contributed by atoms with Crippen LogP contribution in [0.5, 0.6) is 23.0 Å². The summed E-state index contributed by atoms with van der Waals surface area (Å²) in [6.45, 7) is 39.4. The van der Waals surface area contributed by atoms with Gasteiger partial charge in [-0.2, -0.15) is 23.5 Å². The lowest BCUT2D eigenvalue weighted by atomic mass is 9.79. The maximum atomic E-state index is 7.13. The second kappa shape index (κ2) is 21.5. The average Bonchev–Trinajstić information content (AvgIpc) is 3.20. The summed E-state index contributed by atoms with van der Waals surface area (Å²) in [5, 5.41) is 0. The summed E-state index contributed by atoms with van der Waals surface area (Å²) in [5.41, 5.74) is 13.9. The zero-order chi connectivity index (χ0) is 47.2. The Hall–Kier alpha value is -3.78. The molecule has 352 valence electrons. The Morgan fingerprint density at radius 1 is 0.431 bits per heavy atom. The number of hydrogen-bond donors (Lipinski definition) is 0. The van der Waals surface area contributed by atoms with Crippen LogP contribution in [0, 0.1) is 0 Å². The van der Waals surface area contributed by atoms with Crippen molar-refractivity contribution in [1.82, 2.24) is 0 Å². The predicted octanol–water partition coefficient (Wildman–Crippen LogP) is 13.9. The lowest BCUT2D eigenvalue weighted by molar-refractivity contribution is 0.167. The molecule has 1 aliphatic carbocycles. The van der Waals surface area contributed by atoms with Crippen molar-refractivity contribution in [2.24, 2.45) is 0 Å². The van der Waals surface area contributed by atoms with Gasteiger partial charge in [-0.1, -0.05) is 157 Å². The van der Waals surface area contributed by atoms with Crippen molar-refractivity contribution in [2.75, 3.05) is 62.7 Å². The third-order valence-corrected chi connectivity index (χ3v) is 14.2. The van der Waals surface area contributed by atoms with Crippen molar-refractivity contribution in [2.45, 2.75) is 130 Å². The molecule has 1 aliphatic heterocycles. The Morgan fingerprint density at radius 2 is 0.692 bits per heavy atom. The second-order valence-electron chi connectivity index (χ2n) is 21.9. The topological polar surface area (TPSA) is 46.2 Å². The van der Waals surface area contributed by atoms with E-state index in [1.54, 1.807) is 0 Å². The fourth-order valence-electron chi connectivity index (χ4n) is 8.59. The van der Waals surface area contributed by atoms with E-state index in [-0.39, 0.29) is 21.7 Å². The molecule has 0 saturated heterocycles. The minimum Gasteiger partial charge on any atom is -0.492 e. The van der Waals surface area contributed by atoms with Crippen LogP contribution >= 0.6 is 23.5 Å². The van der Waals surface area contributed by atoms with E-state index in [0.717, 1.165) is 104 Å². The monoisotopic (exact) mass is 919 g/mol. The van der Waals surface area contributed by atoms with Gasteiger partial charge in [-0.15, -0.1) is 0 Å². The normalized spacial score (nSPS) is 15.9. The molecule has 0 atom stereocenters. The first-order chi connectivity index (χ1) is 30.7. The quantitative estimate of drug-likeness (QED) is 0.157. The molecule has 0 radical (unpaired) electrons. The molecule has 0 unspecified atom stereocenters. The summed E-state index contributed by atoms with van der Waals surface area (Å²) in [5.74, 6) is 7.31. The van der Waals surface area contributed by atoms with E-state index in [0.29, 0.717) is 52.1 Å². The Kier molecular flexibility index (Phi) is 16.7. The van der Waals surface area contributed by atoms with E-state index in [1.807, 2.05) is 35.7 Å². The van der Waals surface area contributed by atoms with Crippen LogP contribution in [0.25, 0.3) is 0 Å². The van der Waals surface area contributed by atoms with Gasteiger partial charge in [-0.25, -0.2) is 0 Å². The summed E-state index contributed by atoms with van der Waals surface area (Å²) in [4.78, 5) is 0. The summed E-state index contributed by atoms with van der Waals surface area (Å²) in [7, 11) is 0. The highest BCUT2D eigenvalue weighted by molar-refractivity contribution is 7.99. The Bertz CT molecular complexity index is 2040. The van der Waals surface area contributed by atoms with Gasteiger partial charge < -0.3 is 23.7 Å². The lowest BCUT2D eigenvalue weighted by Gasteiger charge is -2.29. The summed E-state index contributed by atoms with van der Waals surface area (Å²) in [6.07, 6.45) is 6.26. The molecule has 0 amide bonds. The first-order valence-electron chi connectivity index (χ1n) is 23.8. The van der Waals surface area contributed by atoms with Gasteiger partial charge in [-0.3, -0.25) is 0 Å². The first kappa shape index (κ1) is 50.6. The molecule has 0 saturated carbocycles. The lowest BCUT2D eigenvalue weighted by Crippen LogP contribution is -2.18. The highest BCUT2D eigenvalue weighted by atomic mass is 32.2. The molecule has 4 aromatic carbocycles. The first-order valence-corrected chi connectivity index (χ1v) is 26.1. The molecular weight excluding hydrogens is 841 g/mol. The van der Waals surface area contributed by atoms with Crippen LogP contribution in [0.15, 0.2) is 73.8 Å². The summed E-state index contributed by atoms with van der Waals surface area (Å²) < 4.78 is 34.1. The van der Waals surface area contributed by atoms with Gasteiger partial charge in [0, 0.05) is 48.7 Å². The molecule has 0 aromatic heterocycles. The predicted molar refractivity (Wildman–Crippen MR) is 280 cm³/mol. The molecule has 0 spiro atoms. The molecule has 65 heavy (non-hydrogen) atoms. The fourth-order valence-corrected chi connectivity index (χ4v) is 9.88. The van der Waals surface area contributed by atoms with E-state index >= 15 is 0 Å². The van der Waals surface area contributed by atoms with Crippen LogP contribution in [0.4, 0.5) is 0 Å². The molecule has 4 aromatic rings. The molecular formula is C58H78O5S2. The Balaban J connectivity index is 1.79. The van der Waals surface area contributed by atoms with Gasteiger partial charge in [0.05, 0.1) is 26.4 Å². The molecule has 10 bridgehead atoms. The molecule has 5 nitrogen and oxygen atoms in total. The molecule has 1 heterocycles. The highest BCUT2D eigenvalue weighted by Gasteiger charge is 2.29. The molecule has 7 heteroatoms. The van der Waals surface area contributed by atoms with Crippen LogP contribution in [0.1, 0.15) is 150 Å². The maximum absolute atomic E-state index is 7.13. The van der Waals surface area contributed by atoms with Crippen molar-refractivity contribution < 1.29 is 23.7 Å². The van der Waals surface area contributed by atoms with Gasteiger partial charge in [0.1, 0.15) is 36.2 Å². The zero-order valence-corrected chi connectivity index (χ0v) is 43.6. The van der Waals surface area contributed by atoms with Crippen LogP contribution in [0.3, 0.4) is 0 Å².